The highest BCUT2D eigenvalue weighted by Crippen LogP contribution is 2.31. The van der Waals surface area contributed by atoms with E-state index < -0.39 is 0 Å². The topological polar surface area (TPSA) is 59.1 Å². The molecule has 2 amide bonds. The molecule has 2 aromatic carbocycles. The van der Waals surface area contributed by atoms with Gasteiger partial charge in [-0.3, -0.25) is 9.59 Å². The Bertz CT molecular complexity index is 888. The Labute approximate surface area is 164 Å². The largest absolute Gasteiger partial charge is 0.486 e. The Morgan fingerprint density at radius 3 is 2.36 bits per heavy atom. The lowest BCUT2D eigenvalue weighted by molar-refractivity contribution is -0.131. The number of rotatable bonds is 3. The number of piperazine rings is 1. The van der Waals surface area contributed by atoms with Crippen molar-refractivity contribution >= 4 is 11.8 Å². The number of amides is 2. The lowest BCUT2D eigenvalue weighted by Crippen LogP contribution is -2.51. The molecule has 0 bridgehead atoms. The highest BCUT2D eigenvalue weighted by Gasteiger charge is 2.25. The molecule has 4 rings (SSSR count). The van der Waals surface area contributed by atoms with Gasteiger partial charge < -0.3 is 19.3 Å². The van der Waals surface area contributed by atoms with Crippen LogP contribution in [0.5, 0.6) is 11.5 Å². The Balaban J connectivity index is 1.33. The van der Waals surface area contributed by atoms with Gasteiger partial charge in [-0.15, -0.1) is 0 Å². The number of hydrogen-bond donors (Lipinski definition) is 0. The molecule has 1 saturated heterocycles. The van der Waals surface area contributed by atoms with Crippen molar-refractivity contribution in [3.8, 4) is 11.5 Å². The standard InChI is InChI=1S/C22H24N2O4/c1-16-3-2-4-18(13-16)22(26)24-9-7-23(8-10-24)21(25)15-17-5-6-19-20(14-17)28-12-11-27-19/h2-6,13-14H,7-12,15H2,1H3. The lowest BCUT2D eigenvalue weighted by atomic mass is 10.1. The Kier molecular flexibility index (Phi) is 5.19. The Morgan fingerprint density at radius 2 is 1.61 bits per heavy atom. The third-order valence-corrected chi connectivity index (χ3v) is 5.15. The van der Waals surface area contributed by atoms with Gasteiger partial charge in [-0.05, 0) is 36.8 Å². The highest BCUT2D eigenvalue weighted by molar-refractivity contribution is 5.94. The summed E-state index contributed by atoms with van der Waals surface area (Å²) in [6, 6.07) is 13.3. The number of fused-ring (bicyclic) bond motifs is 1. The van der Waals surface area contributed by atoms with Gasteiger partial charge in [0.15, 0.2) is 11.5 Å². The zero-order valence-corrected chi connectivity index (χ0v) is 16.0. The van der Waals surface area contributed by atoms with Crippen LogP contribution in [-0.2, 0) is 11.2 Å². The fourth-order valence-corrected chi connectivity index (χ4v) is 3.60. The number of benzene rings is 2. The quantitative estimate of drug-likeness (QED) is 0.820. The first kappa shape index (κ1) is 18.3. The summed E-state index contributed by atoms with van der Waals surface area (Å²) in [5.74, 6) is 1.53. The van der Waals surface area contributed by atoms with E-state index >= 15 is 0 Å². The van der Waals surface area contributed by atoms with E-state index in [9.17, 15) is 9.59 Å². The van der Waals surface area contributed by atoms with Crippen LogP contribution < -0.4 is 9.47 Å². The summed E-state index contributed by atoms with van der Waals surface area (Å²) in [6.45, 7) is 5.28. The van der Waals surface area contributed by atoms with Gasteiger partial charge in [-0.1, -0.05) is 23.8 Å². The van der Waals surface area contributed by atoms with Gasteiger partial charge in [-0.2, -0.15) is 0 Å². The van der Waals surface area contributed by atoms with E-state index in [0.29, 0.717) is 57.1 Å². The average molecular weight is 380 g/mol. The summed E-state index contributed by atoms with van der Waals surface area (Å²) in [6.07, 6.45) is 0.322. The van der Waals surface area contributed by atoms with E-state index in [1.54, 1.807) is 0 Å². The van der Waals surface area contributed by atoms with Crippen LogP contribution in [0.4, 0.5) is 0 Å². The van der Waals surface area contributed by atoms with Crippen molar-refractivity contribution in [1.29, 1.82) is 0 Å². The van der Waals surface area contributed by atoms with Gasteiger partial charge in [0.25, 0.3) is 5.91 Å². The van der Waals surface area contributed by atoms with Gasteiger partial charge in [0.1, 0.15) is 13.2 Å². The van der Waals surface area contributed by atoms with Crippen molar-refractivity contribution in [1.82, 2.24) is 9.80 Å². The van der Waals surface area contributed by atoms with E-state index in [-0.39, 0.29) is 11.8 Å². The molecular weight excluding hydrogens is 356 g/mol. The molecule has 146 valence electrons. The Morgan fingerprint density at radius 1 is 0.893 bits per heavy atom. The zero-order valence-electron chi connectivity index (χ0n) is 16.0. The van der Waals surface area contributed by atoms with E-state index in [1.165, 1.54) is 0 Å². The van der Waals surface area contributed by atoms with Crippen LogP contribution in [0.1, 0.15) is 21.5 Å². The van der Waals surface area contributed by atoms with Crippen LogP contribution >= 0.6 is 0 Å². The Hall–Kier alpha value is -3.02. The predicted octanol–water partition coefficient (Wildman–Crippen LogP) is 2.29. The molecular formula is C22H24N2O4. The third kappa shape index (κ3) is 3.96. The molecule has 6 heteroatoms. The van der Waals surface area contributed by atoms with Crippen molar-refractivity contribution in [2.75, 3.05) is 39.4 Å². The van der Waals surface area contributed by atoms with Crippen molar-refractivity contribution in [2.45, 2.75) is 13.3 Å². The van der Waals surface area contributed by atoms with Crippen LogP contribution in [0.15, 0.2) is 42.5 Å². The van der Waals surface area contributed by atoms with E-state index in [4.69, 9.17) is 9.47 Å². The van der Waals surface area contributed by atoms with Crippen molar-refractivity contribution < 1.29 is 19.1 Å². The SMILES string of the molecule is Cc1cccc(C(=O)N2CCN(C(=O)Cc3ccc4c(c3)OCCO4)CC2)c1. The number of carbonyl (C=O) groups excluding carboxylic acids is 2. The minimum absolute atomic E-state index is 0.0302. The average Bonchev–Trinajstić information content (AvgIpc) is 2.73. The zero-order chi connectivity index (χ0) is 19.5. The second kappa shape index (κ2) is 7.92. The third-order valence-electron chi connectivity index (χ3n) is 5.15. The number of hydrogen-bond acceptors (Lipinski definition) is 4. The van der Waals surface area contributed by atoms with Crippen LogP contribution in [0.2, 0.25) is 0 Å². The minimum atomic E-state index is 0.0302. The molecule has 0 N–H and O–H groups in total. The molecule has 2 aliphatic rings. The first-order valence-corrected chi connectivity index (χ1v) is 9.62. The molecule has 0 aliphatic carbocycles. The first-order chi connectivity index (χ1) is 13.6. The highest BCUT2D eigenvalue weighted by atomic mass is 16.6. The molecule has 0 radical (unpaired) electrons. The smallest absolute Gasteiger partial charge is 0.253 e. The molecule has 2 aliphatic heterocycles. The second-order valence-corrected chi connectivity index (χ2v) is 7.20. The number of nitrogens with zero attached hydrogens (tertiary/aromatic N) is 2. The number of ether oxygens (including phenoxy) is 2. The van der Waals surface area contributed by atoms with Crippen LogP contribution in [-0.4, -0.2) is 61.0 Å². The molecule has 2 aromatic rings. The lowest BCUT2D eigenvalue weighted by Gasteiger charge is -2.35. The maximum Gasteiger partial charge on any atom is 0.253 e. The molecule has 0 spiro atoms. The second-order valence-electron chi connectivity index (χ2n) is 7.20. The van der Waals surface area contributed by atoms with Gasteiger partial charge in [0.05, 0.1) is 6.42 Å². The normalized spacial score (nSPS) is 16.0. The number of carbonyl (C=O) groups is 2. The van der Waals surface area contributed by atoms with E-state index in [2.05, 4.69) is 0 Å². The van der Waals surface area contributed by atoms with Gasteiger partial charge in [0.2, 0.25) is 5.91 Å². The molecule has 0 atom stereocenters. The van der Waals surface area contributed by atoms with Crippen molar-refractivity contribution in [3.05, 3.63) is 59.2 Å². The molecule has 0 aromatic heterocycles. The maximum absolute atomic E-state index is 12.7. The monoisotopic (exact) mass is 380 g/mol. The van der Waals surface area contributed by atoms with Gasteiger partial charge in [0, 0.05) is 31.7 Å². The van der Waals surface area contributed by atoms with Crippen LogP contribution in [0.25, 0.3) is 0 Å². The summed E-state index contributed by atoms with van der Waals surface area (Å²) in [4.78, 5) is 29.0. The molecule has 6 nitrogen and oxygen atoms in total. The fourth-order valence-electron chi connectivity index (χ4n) is 3.60. The van der Waals surface area contributed by atoms with E-state index in [0.717, 1.165) is 16.9 Å². The first-order valence-electron chi connectivity index (χ1n) is 9.62. The van der Waals surface area contributed by atoms with Crippen LogP contribution in [0.3, 0.4) is 0 Å². The fraction of sp³-hybridized carbons (Fsp3) is 0.364. The van der Waals surface area contributed by atoms with Crippen molar-refractivity contribution in [2.24, 2.45) is 0 Å². The summed E-state index contributed by atoms with van der Waals surface area (Å²) in [7, 11) is 0. The van der Waals surface area contributed by atoms with Gasteiger partial charge in [-0.25, -0.2) is 0 Å². The summed E-state index contributed by atoms with van der Waals surface area (Å²) in [5, 5.41) is 0. The van der Waals surface area contributed by atoms with E-state index in [1.807, 2.05) is 59.2 Å². The molecule has 1 fully saturated rings. The molecule has 0 unspecified atom stereocenters. The molecule has 2 heterocycles. The number of aryl methyl sites for hydroxylation is 1. The summed E-state index contributed by atoms with van der Waals surface area (Å²) < 4.78 is 11.1. The maximum atomic E-state index is 12.7. The molecule has 28 heavy (non-hydrogen) atoms. The summed E-state index contributed by atoms with van der Waals surface area (Å²) in [5.41, 5.74) is 2.68. The van der Waals surface area contributed by atoms with Crippen LogP contribution in [0, 0.1) is 6.92 Å². The van der Waals surface area contributed by atoms with Gasteiger partial charge >= 0.3 is 0 Å². The van der Waals surface area contributed by atoms with Crippen molar-refractivity contribution in [3.63, 3.8) is 0 Å². The predicted molar refractivity (Wildman–Crippen MR) is 105 cm³/mol. The summed E-state index contributed by atoms with van der Waals surface area (Å²) >= 11 is 0. The molecule has 0 saturated carbocycles. The minimum Gasteiger partial charge on any atom is -0.486 e.